The normalized spacial score (nSPS) is 13.1. The second-order valence-electron chi connectivity index (χ2n) is 2.93. The van der Waals surface area contributed by atoms with Crippen molar-refractivity contribution in [2.45, 2.75) is 0 Å². The standard InChI is InChI=1S/C6H6BrN.C6H4O2/c7-8-6-4-2-1-3-5-6;7-5-1-2-6(8)4-3-5/h1-5,8H;1-4H. The molecule has 3 nitrogen and oxygen atoms in total. The fourth-order valence-electron chi connectivity index (χ4n) is 0.941. The number of anilines is 1. The molecule has 1 aromatic rings. The molecular weight excluding hydrogens is 270 g/mol. The minimum Gasteiger partial charge on any atom is -0.322 e. The first-order chi connectivity index (χ1) is 7.72. The third-order valence-electron chi connectivity index (χ3n) is 1.71. The highest BCUT2D eigenvalue weighted by atomic mass is 79.9. The highest BCUT2D eigenvalue weighted by Gasteiger charge is 1.97. The van der Waals surface area contributed by atoms with Gasteiger partial charge in [-0.05, 0) is 36.4 Å². The molecule has 0 bridgehead atoms. The topological polar surface area (TPSA) is 46.2 Å². The van der Waals surface area contributed by atoms with Gasteiger partial charge in [0, 0.05) is 21.8 Å². The number of ketones is 2. The fraction of sp³-hybridized carbons (Fsp3) is 0. The average Bonchev–Trinajstić information content (AvgIpc) is 2.35. The monoisotopic (exact) mass is 279 g/mol. The number of rotatable bonds is 1. The fourth-order valence-corrected chi connectivity index (χ4v) is 1.21. The van der Waals surface area contributed by atoms with Crippen LogP contribution in [0.1, 0.15) is 0 Å². The number of para-hydroxylation sites is 1. The molecule has 0 saturated heterocycles. The Bertz CT molecular complexity index is 386. The molecule has 0 aromatic heterocycles. The van der Waals surface area contributed by atoms with Gasteiger partial charge in [0.1, 0.15) is 0 Å². The number of allylic oxidation sites excluding steroid dienone is 4. The van der Waals surface area contributed by atoms with E-state index in [-0.39, 0.29) is 11.6 Å². The van der Waals surface area contributed by atoms with Gasteiger partial charge in [-0.25, -0.2) is 0 Å². The summed E-state index contributed by atoms with van der Waals surface area (Å²) < 4.78 is 2.84. The van der Waals surface area contributed by atoms with Gasteiger partial charge < -0.3 is 4.34 Å². The minimum atomic E-state index is -0.121. The van der Waals surface area contributed by atoms with E-state index in [0.29, 0.717) is 0 Å². The lowest BCUT2D eigenvalue weighted by Crippen LogP contribution is -1.97. The minimum absolute atomic E-state index is 0.121. The molecule has 0 saturated carbocycles. The van der Waals surface area contributed by atoms with E-state index in [2.05, 4.69) is 20.5 Å². The zero-order valence-electron chi connectivity index (χ0n) is 8.39. The van der Waals surface area contributed by atoms with Crippen LogP contribution in [0.15, 0.2) is 54.6 Å². The molecule has 82 valence electrons. The Balaban J connectivity index is 0.000000160. The summed E-state index contributed by atoms with van der Waals surface area (Å²) in [5.41, 5.74) is 1.08. The Labute approximate surface area is 102 Å². The van der Waals surface area contributed by atoms with Crippen molar-refractivity contribution in [3.8, 4) is 0 Å². The molecule has 0 atom stereocenters. The number of benzene rings is 1. The molecule has 1 aliphatic carbocycles. The molecule has 0 fully saturated rings. The van der Waals surface area contributed by atoms with Crippen molar-refractivity contribution in [3.05, 3.63) is 54.6 Å². The van der Waals surface area contributed by atoms with E-state index in [0.717, 1.165) is 5.69 Å². The summed E-state index contributed by atoms with van der Waals surface area (Å²) in [7, 11) is 0. The number of nitrogens with one attached hydrogen (secondary N) is 1. The summed E-state index contributed by atoms with van der Waals surface area (Å²) in [5, 5.41) is 0. The lowest BCUT2D eigenvalue weighted by molar-refractivity contribution is -0.113. The summed E-state index contributed by atoms with van der Waals surface area (Å²) >= 11 is 3.11. The molecule has 0 radical (unpaired) electrons. The maximum atomic E-state index is 10.3. The Hall–Kier alpha value is -1.68. The molecular formula is C12H10BrNO2. The van der Waals surface area contributed by atoms with Gasteiger partial charge >= 0.3 is 0 Å². The first-order valence-electron chi connectivity index (χ1n) is 4.58. The number of halogens is 1. The van der Waals surface area contributed by atoms with Crippen LogP contribution in [0, 0.1) is 0 Å². The lowest BCUT2D eigenvalue weighted by Gasteiger charge is -1.91. The van der Waals surface area contributed by atoms with Crippen molar-refractivity contribution < 1.29 is 9.59 Å². The van der Waals surface area contributed by atoms with Crippen LogP contribution in [-0.4, -0.2) is 11.6 Å². The van der Waals surface area contributed by atoms with Gasteiger partial charge in [0.15, 0.2) is 11.6 Å². The largest absolute Gasteiger partial charge is 0.322 e. The van der Waals surface area contributed by atoms with Crippen LogP contribution in [0.5, 0.6) is 0 Å². The second-order valence-corrected chi connectivity index (χ2v) is 3.33. The summed E-state index contributed by atoms with van der Waals surface area (Å²) in [5.74, 6) is -0.241. The number of carbonyl (C=O) groups is 2. The van der Waals surface area contributed by atoms with Crippen LogP contribution in [0.4, 0.5) is 5.69 Å². The molecule has 1 aliphatic rings. The number of hydrogen-bond donors (Lipinski definition) is 1. The van der Waals surface area contributed by atoms with Crippen molar-refractivity contribution >= 4 is 33.4 Å². The maximum Gasteiger partial charge on any atom is 0.178 e. The molecule has 0 spiro atoms. The highest BCUT2D eigenvalue weighted by molar-refractivity contribution is 9.10. The predicted molar refractivity (Wildman–Crippen MR) is 67.3 cm³/mol. The van der Waals surface area contributed by atoms with Crippen LogP contribution in [0.3, 0.4) is 0 Å². The molecule has 0 unspecified atom stereocenters. The van der Waals surface area contributed by atoms with E-state index < -0.39 is 0 Å². The maximum absolute atomic E-state index is 10.3. The van der Waals surface area contributed by atoms with E-state index in [1.54, 1.807) is 0 Å². The smallest absolute Gasteiger partial charge is 0.178 e. The van der Waals surface area contributed by atoms with Crippen molar-refractivity contribution in [3.63, 3.8) is 0 Å². The number of carbonyl (C=O) groups excluding carboxylic acids is 2. The molecule has 0 amide bonds. The Morgan fingerprint density at radius 3 is 1.56 bits per heavy atom. The Morgan fingerprint density at radius 1 is 0.812 bits per heavy atom. The van der Waals surface area contributed by atoms with Crippen molar-refractivity contribution in [2.75, 3.05) is 4.34 Å². The zero-order chi connectivity index (χ0) is 11.8. The van der Waals surface area contributed by atoms with Crippen LogP contribution in [0.25, 0.3) is 0 Å². The lowest BCUT2D eigenvalue weighted by atomic mass is 10.2. The van der Waals surface area contributed by atoms with Crippen LogP contribution < -0.4 is 4.34 Å². The van der Waals surface area contributed by atoms with Crippen LogP contribution in [-0.2, 0) is 9.59 Å². The summed E-state index contributed by atoms with van der Waals surface area (Å²) in [6.45, 7) is 0. The molecule has 1 N–H and O–H groups in total. The average molecular weight is 280 g/mol. The van der Waals surface area contributed by atoms with E-state index in [9.17, 15) is 9.59 Å². The molecule has 16 heavy (non-hydrogen) atoms. The molecule has 1 aromatic carbocycles. The van der Waals surface area contributed by atoms with E-state index in [1.165, 1.54) is 24.3 Å². The third-order valence-corrected chi connectivity index (χ3v) is 2.16. The Kier molecular flexibility index (Phi) is 5.22. The third kappa shape index (κ3) is 4.70. The molecule has 4 heteroatoms. The summed E-state index contributed by atoms with van der Waals surface area (Å²) in [6.07, 6.45) is 5.01. The quantitative estimate of drug-likeness (QED) is 0.635. The summed E-state index contributed by atoms with van der Waals surface area (Å²) in [4.78, 5) is 20.6. The first-order valence-corrected chi connectivity index (χ1v) is 5.37. The van der Waals surface area contributed by atoms with Gasteiger partial charge in [-0.15, -0.1) is 0 Å². The van der Waals surface area contributed by atoms with E-state index >= 15 is 0 Å². The van der Waals surface area contributed by atoms with Crippen LogP contribution in [0.2, 0.25) is 0 Å². The molecule has 0 aliphatic heterocycles. The van der Waals surface area contributed by atoms with Crippen molar-refractivity contribution in [2.24, 2.45) is 0 Å². The van der Waals surface area contributed by atoms with Gasteiger partial charge in [0.05, 0.1) is 0 Å². The second kappa shape index (κ2) is 6.74. The van der Waals surface area contributed by atoms with Crippen molar-refractivity contribution in [1.82, 2.24) is 0 Å². The van der Waals surface area contributed by atoms with Crippen LogP contribution >= 0.6 is 16.1 Å². The molecule has 0 heterocycles. The van der Waals surface area contributed by atoms with Crippen molar-refractivity contribution in [1.29, 1.82) is 0 Å². The SMILES string of the molecule is BrNc1ccccc1.O=C1C=CC(=O)C=C1. The predicted octanol–water partition coefficient (Wildman–Crippen LogP) is 2.66. The van der Waals surface area contributed by atoms with Gasteiger partial charge in [0.2, 0.25) is 0 Å². The molecule has 2 rings (SSSR count). The number of hydrogen-bond acceptors (Lipinski definition) is 3. The Morgan fingerprint density at radius 2 is 1.25 bits per heavy atom. The van der Waals surface area contributed by atoms with Gasteiger partial charge in [-0.2, -0.15) is 0 Å². The van der Waals surface area contributed by atoms with Gasteiger partial charge in [-0.1, -0.05) is 18.2 Å². The van der Waals surface area contributed by atoms with Gasteiger partial charge in [-0.3, -0.25) is 9.59 Å². The highest BCUT2D eigenvalue weighted by Crippen LogP contribution is 2.05. The van der Waals surface area contributed by atoms with Gasteiger partial charge in [0.25, 0.3) is 0 Å². The summed E-state index contributed by atoms with van der Waals surface area (Å²) in [6, 6.07) is 9.89. The van der Waals surface area contributed by atoms with E-state index in [4.69, 9.17) is 0 Å². The first kappa shape index (κ1) is 12.4. The zero-order valence-corrected chi connectivity index (χ0v) is 9.98. The van der Waals surface area contributed by atoms with E-state index in [1.807, 2.05) is 30.3 Å².